The Morgan fingerprint density at radius 3 is 2.89 bits per heavy atom. The van der Waals surface area contributed by atoms with Gasteiger partial charge in [0.25, 0.3) is 5.69 Å². The van der Waals surface area contributed by atoms with Gasteiger partial charge in [-0.25, -0.2) is 4.98 Å². The highest BCUT2D eigenvalue weighted by molar-refractivity contribution is 7.18. The average molecular weight is 266 g/mol. The predicted octanol–water partition coefficient (Wildman–Crippen LogP) is 1.91. The summed E-state index contributed by atoms with van der Waals surface area (Å²) in [5, 5.41) is 12.0. The zero-order chi connectivity index (χ0) is 13.3. The van der Waals surface area contributed by atoms with Gasteiger partial charge >= 0.3 is 0 Å². The van der Waals surface area contributed by atoms with Crippen molar-refractivity contribution in [1.82, 2.24) is 4.98 Å². The van der Waals surface area contributed by atoms with Gasteiger partial charge in [0.05, 0.1) is 20.1 Å². The van der Waals surface area contributed by atoms with Crippen molar-refractivity contribution in [2.45, 2.75) is 6.92 Å². The molecule has 0 atom stereocenters. The molecule has 0 bridgehead atoms. The molecule has 0 fully saturated rings. The summed E-state index contributed by atoms with van der Waals surface area (Å²) < 4.78 is 0.837. The van der Waals surface area contributed by atoms with E-state index in [0.717, 1.165) is 15.2 Å². The second-order valence-corrected chi connectivity index (χ2v) is 5.24. The Morgan fingerprint density at radius 2 is 2.28 bits per heavy atom. The molecule has 1 aromatic carbocycles. The van der Waals surface area contributed by atoms with Crippen LogP contribution in [0.3, 0.4) is 0 Å². The molecule has 2 aromatic rings. The first kappa shape index (κ1) is 12.7. The SMILES string of the molecule is Cc1nc2cc(N(C)CCN)c([N+](=O)[O-])cc2s1. The fourth-order valence-electron chi connectivity index (χ4n) is 1.83. The Hall–Kier alpha value is -1.73. The lowest BCUT2D eigenvalue weighted by Crippen LogP contribution is -2.25. The first-order valence-corrected chi connectivity index (χ1v) is 6.31. The van der Waals surface area contributed by atoms with E-state index in [1.807, 2.05) is 6.92 Å². The largest absolute Gasteiger partial charge is 0.368 e. The van der Waals surface area contributed by atoms with E-state index in [4.69, 9.17) is 5.73 Å². The van der Waals surface area contributed by atoms with Gasteiger partial charge < -0.3 is 10.6 Å². The quantitative estimate of drug-likeness (QED) is 0.675. The first-order chi connectivity index (χ1) is 8.52. The first-order valence-electron chi connectivity index (χ1n) is 5.49. The number of likely N-dealkylation sites (N-methyl/N-ethyl adjacent to an activating group) is 1. The smallest absolute Gasteiger partial charge is 0.294 e. The Kier molecular flexibility index (Phi) is 3.44. The Bertz CT molecular complexity index is 596. The molecule has 0 saturated carbocycles. The van der Waals surface area contributed by atoms with Gasteiger partial charge in [-0.05, 0) is 13.0 Å². The summed E-state index contributed by atoms with van der Waals surface area (Å²) in [6, 6.07) is 3.34. The van der Waals surface area contributed by atoms with Crippen LogP contribution in [0.5, 0.6) is 0 Å². The van der Waals surface area contributed by atoms with Crippen molar-refractivity contribution in [2.24, 2.45) is 5.73 Å². The van der Waals surface area contributed by atoms with Crippen LogP contribution in [0.15, 0.2) is 12.1 Å². The molecular weight excluding hydrogens is 252 g/mol. The minimum atomic E-state index is -0.364. The zero-order valence-electron chi connectivity index (χ0n) is 10.2. The fraction of sp³-hybridized carbons (Fsp3) is 0.364. The number of thiazole rings is 1. The number of fused-ring (bicyclic) bond motifs is 1. The number of aromatic nitrogens is 1. The molecule has 2 N–H and O–H groups in total. The third kappa shape index (κ3) is 2.27. The molecule has 6 nitrogen and oxygen atoms in total. The van der Waals surface area contributed by atoms with Crippen LogP contribution >= 0.6 is 11.3 Å². The van der Waals surface area contributed by atoms with Crippen LogP contribution in [0.4, 0.5) is 11.4 Å². The van der Waals surface area contributed by atoms with Gasteiger partial charge in [0.15, 0.2) is 0 Å². The molecule has 0 unspecified atom stereocenters. The van der Waals surface area contributed by atoms with Gasteiger partial charge in [0, 0.05) is 26.2 Å². The van der Waals surface area contributed by atoms with Gasteiger partial charge in [-0.1, -0.05) is 0 Å². The third-order valence-corrected chi connectivity index (χ3v) is 3.60. The number of nitro benzene ring substituents is 1. The monoisotopic (exact) mass is 266 g/mol. The Balaban J connectivity index is 2.60. The van der Waals surface area contributed by atoms with Crippen molar-refractivity contribution in [3.63, 3.8) is 0 Å². The van der Waals surface area contributed by atoms with E-state index in [0.29, 0.717) is 18.8 Å². The van der Waals surface area contributed by atoms with E-state index in [2.05, 4.69) is 4.98 Å². The molecule has 7 heteroatoms. The predicted molar refractivity (Wildman–Crippen MR) is 73.3 cm³/mol. The van der Waals surface area contributed by atoms with Crippen LogP contribution in [-0.2, 0) is 0 Å². The number of hydrogen-bond acceptors (Lipinski definition) is 6. The van der Waals surface area contributed by atoms with Gasteiger partial charge in [0.1, 0.15) is 5.69 Å². The molecule has 1 aromatic heterocycles. The summed E-state index contributed by atoms with van der Waals surface area (Å²) in [7, 11) is 1.79. The molecule has 0 radical (unpaired) electrons. The molecule has 0 aliphatic heterocycles. The van der Waals surface area contributed by atoms with E-state index < -0.39 is 0 Å². The van der Waals surface area contributed by atoms with E-state index >= 15 is 0 Å². The molecule has 18 heavy (non-hydrogen) atoms. The normalized spacial score (nSPS) is 10.8. The molecule has 0 aliphatic rings. The highest BCUT2D eigenvalue weighted by Gasteiger charge is 2.19. The third-order valence-electron chi connectivity index (χ3n) is 2.66. The van der Waals surface area contributed by atoms with Gasteiger partial charge in [0.2, 0.25) is 0 Å². The van der Waals surface area contributed by atoms with E-state index in [1.54, 1.807) is 24.1 Å². The van der Waals surface area contributed by atoms with Gasteiger partial charge in [-0.3, -0.25) is 10.1 Å². The summed E-state index contributed by atoms with van der Waals surface area (Å²) >= 11 is 1.46. The minimum absolute atomic E-state index is 0.0992. The lowest BCUT2D eigenvalue weighted by atomic mass is 10.2. The van der Waals surface area contributed by atoms with Crippen molar-refractivity contribution in [1.29, 1.82) is 0 Å². The van der Waals surface area contributed by atoms with E-state index in [-0.39, 0.29) is 10.6 Å². The molecule has 2 rings (SSSR count). The molecule has 0 aliphatic carbocycles. The number of rotatable bonds is 4. The Morgan fingerprint density at radius 1 is 1.56 bits per heavy atom. The highest BCUT2D eigenvalue weighted by Crippen LogP contribution is 2.34. The number of aryl methyl sites for hydroxylation is 1. The van der Waals surface area contributed by atoms with E-state index in [9.17, 15) is 10.1 Å². The zero-order valence-corrected chi connectivity index (χ0v) is 11.0. The summed E-state index contributed by atoms with van der Waals surface area (Å²) in [5.74, 6) is 0. The van der Waals surface area contributed by atoms with Crippen molar-refractivity contribution in [3.8, 4) is 0 Å². The van der Waals surface area contributed by atoms with E-state index in [1.165, 1.54) is 11.3 Å². The highest BCUT2D eigenvalue weighted by atomic mass is 32.1. The van der Waals surface area contributed by atoms with Crippen molar-refractivity contribution < 1.29 is 4.92 Å². The lowest BCUT2D eigenvalue weighted by molar-refractivity contribution is -0.384. The second kappa shape index (κ2) is 4.87. The maximum atomic E-state index is 11.1. The van der Waals surface area contributed by atoms with Crippen LogP contribution < -0.4 is 10.6 Å². The maximum Gasteiger partial charge on any atom is 0.294 e. The van der Waals surface area contributed by atoms with Crippen LogP contribution in [0.1, 0.15) is 5.01 Å². The van der Waals surface area contributed by atoms with Crippen LogP contribution in [0.2, 0.25) is 0 Å². The number of anilines is 1. The molecule has 0 saturated heterocycles. The van der Waals surface area contributed by atoms with Crippen molar-refractivity contribution in [3.05, 3.63) is 27.3 Å². The minimum Gasteiger partial charge on any atom is -0.368 e. The number of nitro groups is 1. The number of hydrogen-bond donors (Lipinski definition) is 1. The topological polar surface area (TPSA) is 85.3 Å². The summed E-state index contributed by atoms with van der Waals surface area (Å²) in [4.78, 5) is 16.9. The van der Waals surface area contributed by atoms with Crippen molar-refractivity contribution >= 4 is 32.9 Å². The molecular formula is C11H14N4O2S. The second-order valence-electron chi connectivity index (χ2n) is 4.01. The standard InChI is InChI=1S/C11H14N4O2S/c1-7-13-8-5-9(14(2)4-3-12)10(15(16)17)6-11(8)18-7/h5-6H,3-4,12H2,1-2H3. The molecule has 0 spiro atoms. The van der Waals surface area contributed by atoms with Gasteiger partial charge in [-0.15, -0.1) is 11.3 Å². The number of nitrogens with zero attached hydrogens (tertiary/aromatic N) is 3. The van der Waals surface area contributed by atoms with Crippen LogP contribution in [0.25, 0.3) is 10.2 Å². The maximum absolute atomic E-state index is 11.1. The summed E-state index contributed by atoms with van der Waals surface area (Å²) in [5.41, 5.74) is 6.94. The number of nitrogens with two attached hydrogens (primary N) is 1. The molecule has 96 valence electrons. The molecule has 1 heterocycles. The number of benzene rings is 1. The molecule has 0 amide bonds. The summed E-state index contributed by atoms with van der Waals surface area (Å²) in [6.45, 7) is 2.90. The van der Waals surface area contributed by atoms with Crippen molar-refractivity contribution in [2.75, 3.05) is 25.0 Å². The average Bonchev–Trinajstić information content (AvgIpc) is 2.66. The van der Waals surface area contributed by atoms with Gasteiger partial charge in [-0.2, -0.15) is 0 Å². The Labute approximate surface area is 108 Å². The lowest BCUT2D eigenvalue weighted by Gasteiger charge is -2.17. The van der Waals surface area contributed by atoms with Crippen LogP contribution in [-0.4, -0.2) is 30.0 Å². The summed E-state index contributed by atoms with van der Waals surface area (Å²) in [6.07, 6.45) is 0. The fourth-order valence-corrected chi connectivity index (χ4v) is 2.68. The van der Waals surface area contributed by atoms with Crippen LogP contribution in [0, 0.1) is 17.0 Å².